The summed E-state index contributed by atoms with van der Waals surface area (Å²) in [6, 6.07) is 15.2. The summed E-state index contributed by atoms with van der Waals surface area (Å²) in [5.41, 5.74) is 5.06. The first kappa shape index (κ1) is 15.6. The van der Waals surface area contributed by atoms with E-state index in [0.717, 1.165) is 18.7 Å². The van der Waals surface area contributed by atoms with E-state index in [-0.39, 0.29) is 6.04 Å². The third kappa shape index (κ3) is 3.64. The van der Waals surface area contributed by atoms with Crippen LogP contribution in [-0.4, -0.2) is 13.7 Å². The van der Waals surface area contributed by atoms with Crippen LogP contribution in [0.15, 0.2) is 42.5 Å². The lowest BCUT2D eigenvalue weighted by molar-refractivity contribution is 0.410. The van der Waals surface area contributed by atoms with E-state index in [0.29, 0.717) is 0 Å². The van der Waals surface area contributed by atoms with Crippen molar-refractivity contribution in [3.8, 4) is 5.75 Å². The zero-order chi connectivity index (χ0) is 15.2. The molecule has 1 atom stereocenters. The van der Waals surface area contributed by atoms with Crippen molar-refractivity contribution in [3.05, 3.63) is 64.7 Å². The van der Waals surface area contributed by atoms with Crippen LogP contribution in [0, 0.1) is 13.8 Å². The minimum absolute atomic E-state index is 0.209. The predicted octanol–water partition coefficient (Wildman–Crippen LogP) is 4.40. The van der Waals surface area contributed by atoms with Gasteiger partial charge in [0.15, 0.2) is 0 Å². The zero-order valence-electron chi connectivity index (χ0n) is 13.4. The molecule has 2 rings (SSSR count). The van der Waals surface area contributed by atoms with Gasteiger partial charge in [0.25, 0.3) is 0 Å². The lowest BCUT2D eigenvalue weighted by Crippen LogP contribution is -2.24. The Hall–Kier alpha value is -1.80. The maximum Gasteiger partial charge on any atom is 0.122 e. The molecule has 0 heterocycles. The van der Waals surface area contributed by atoms with Gasteiger partial charge in [-0.05, 0) is 55.1 Å². The fraction of sp³-hybridized carbons (Fsp3) is 0.368. The molecular formula is C19H25NO. The molecule has 0 spiro atoms. The average Bonchev–Trinajstić information content (AvgIpc) is 2.50. The minimum Gasteiger partial charge on any atom is -0.496 e. The fourth-order valence-electron chi connectivity index (χ4n) is 2.62. The van der Waals surface area contributed by atoms with Crippen molar-refractivity contribution in [1.82, 2.24) is 5.32 Å². The van der Waals surface area contributed by atoms with Crippen LogP contribution in [0.1, 0.15) is 41.6 Å². The quantitative estimate of drug-likeness (QED) is 0.848. The van der Waals surface area contributed by atoms with E-state index in [1.807, 2.05) is 0 Å². The van der Waals surface area contributed by atoms with Crippen molar-refractivity contribution < 1.29 is 4.74 Å². The zero-order valence-corrected chi connectivity index (χ0v) is 13.4. The number of ether oxygens (including phenoxy) is 1. The summed E-state index contributed by atoms with van der Waals surface area (Å²) in [6.45, 7) is 7.43. The molecule has 0 aliphatic carbocycles. The Bertz CT molecular complexity index is 592. The van der Waals surface area contributed by atoms with E-state index in [1.165, 1.54) is 22.3 Å². The van der Waals surface area contributed by atoms with Crippen LogP contribution in [0.3, 0.4) is 0 Å². The van der Waals surface area contributed by atoms with E-state index in [2.05, 4.69) is 68.6 Å². The Morgan fingerprint density at radius 1 is 1.05 bits per heavy atom. The molecule has 112 valence electrons. The topological polar surface area (TPSA) is 21.3 Å². The predicted molar refractivity (Wildman–Crippen MR) is 89.0 cm³/mol. The number of hydrogen-bond acceptors (Lipinski definition) is 2. The van der Waals surface area contributed by atoms with Crippen LogP contribution < -0.4 is 10.1 Å². The Morgan fingerprint density at radius 3 is 2.48 bits per heavy atom. The third-order valence-electron chi connectivity index (χ3n) is 3.86. The molecule has 0 amide bonds. The lowest BCUT2D eigenvalue weighted by atomic mass is 9.94. The number of rotatable bonds is 6. The highest BCUT2D eigenvalue weighted by atomic mass is 16.5. The first-order valence-electron chi connectivity index (χ1n) is 7.60. The second-order valence-corrected chi connectivity index (χ2v) is 5.47. The van der Waals surface area contributed by atoms with E-state index < -0.39 is 0 Å². The summed E-state index contributed by atoms with van der Waals surface area (Å²) in [7, 11) is 1.73. The van der Waals surface area contributed by atoms with Gasteiger partial charge in [0, 0.05) is 0 Å². The molecule has 21 heavy (non-hydrogen) atoms. The molecule has 0 saturated heterocycles. The Balaban J connectivity index is 2.43. The summed E-state index contributed by atoms with van der Waals surface area (Å²) >= 11 is 0. The minimum atomic E-state index is 0.209. The van der Waals surface area contributed by atoms with Gasteiger partial charge in [-0.1, -0.05) is 43.3 Å². The summed E-state index contributed by atoms with van der Waals surface area (Å²) in [4.78, 5) is 0. The molecule has 1 unspecified atom stereocenters. The number of nitrogens with one attached hydrogen (secondary N) is 1. The molecule has 2 nitrogen and oxygen atoms in total. The largest absolute Gasteiger partial charge is 0.496 e. The van der Waals surface area contributed by atoms with E-state index in [4.69, 9.17) is 4.74 Å². The van der Waals surface area contributed by atoms with E-state index in [1.54, 1.807) is 7.11 Å². The third-order valence-corrected chi connectivity index (χ3v) is 3.86. The van der Waals surface area contributed by atoms with Crippen LogP contribution in [0.2, 0.25) is 0 Å². The molecule has 0 radical (unpaired) electrons. The first-order chi connectivity index (χ1) is 10.2. The van der Waals surface area contributed by atoms with E-state index in [9.17, 15) is 0 Å². The molecule has 2 aromatic rings. The highest BCUT2D eigenvalue weighted by Crippen LogP contribution is 2.29. The average molecular weight is 283 g/mol. The van der Waals surface area contributed by atoms with Gasteiger partial charge in [0.1, 0.15) is 5.75 Å². The SMILES string of the molecule is CCCNC(c1ccc(C)c(OC)c1)c1ccccc1C. The van der Waals surface area contributed by atoms with Crippen LogP contribution >= 0.6 is 0 Å². The summed E-state index contributed by atoms with van der Waals surface area (Å²) in [5, 5.41) is 3.66. The Labute approximate surface area is 128 Å². The van der Waals surface area contributed by atoms with E-state index >= 15 is 0 Å². The van der Waals surface area contributed by atoms with Crippen LogP contribution in [-0.2, 0) is 0 Å². The molecule has 0 aliphatic rings. The van der Waals surface area contributed by atoms with Gasteiger partial charge >= 0.3 is 0 Å². The molecule has 0 aromatic heterocycles. The van der Waals surface area contributed by atoms with Gasteiger partial charge < -0.3 is 10.1 Å². The van der Waals surface area contributed by atoms with Crippen LogP contribution in [0.4, 0.5) is 0 Å². The molecule has 0 bridgehead atoms. The highest BCUT2D eigenvalue weighted by Gasteiger charge is 2.16. The van der Waals surface area contributed by atoms with Gasteiger partial charge in [-0.2, -0.15) is 0 Å². The van der Waals surface area contributed by atoms with Crippen molar-refractivity contribution in [2.45, 2.75) is 33.2 Å². The van der Waals surface area contributed by atoms with Gasteiger partial charge in [-0.25, -0.2) is 0 Å². The monoisotopic (exact) mass is 283 g/mol. The van der Waals surface area contributed by atoms with Crippen molar-refractivity contribution in [2.75, 3.05) is 13.7 Å². The van der Waals surface area contributed by atoms with Gasteiger partial charge in [0.2, 0.25) is 0 Å². The smallest absolute Gasteiger partial charge is 0.122 e. The molecule has 2 heteroatoms. The van der Waals surface area contributed by atoms with Crippen molar-refractivity contribution in [2.24, 2.45) is 0 Å². The number of hydrogen-bond donors (Lipinski definition) is 1. The molecule has 2 aromatic carbocycles. The maximum atomic E-state index is 5.48. The lowest BCUT2D eigenvalue weighted by Gasteiger charge is -2.22. The molecular weight excluding hydrogens is 258 g/mol. The molecule has 0 fully saturated rings. The second kappa shape index (κ2) is 7.28. The maximum absolute atomic E-state index is 5.48. The van der Waals surface area contributed by atoms with Gasteiger partial charge in [-0.15, -0.1) is 0 Å². The van der Waals surface area contributed by atoms with Crippen molar-refractivity contribution in [1.29, 1.82) is 0 Å². The Morgan fingerprint density at radius 2 is 1.81 bits per heavy atom. The first-order valence-corrected chi connectivity index (χ1v) is 7.60. The molecule has 1 N–H and O–H groups in total. The normalized spacial score (nSPS) is 12.2. The fourth-order valence-corrected chi connectivity index (χ4v) is 2.62. The van der Waals surface area contributed by atoms with Crippen molar-refractivity contribution in [3.63, 3.8) is 0 Å². The summed E-state index contributed by atoms with van der Waals surface area (Å²) < 4.78 is 5.48. The van der Waals surface area contributed by atoms with Gasteiger partial charge in [-0.3, -0.25) is 0 Å². The van der Waals surface area contributed by atoms with Crippen LogP contribution in [0.5, 0.6) is 5.75 Å². The van der Waals surface area contributed by atoms with Crippen molar-refractivity contribution >= 4 is 0 Å². The number of benzene rings is 2. The van der Waals surface area contributed by atoms with Gasteiger partial charge in [0.05, 0.1) is 13.2 Å². The molecule has 0 saturated carbocycles. The Kier molecular flexibility index (Phi) is 5.40. The standard InChI is InChI=1S/C19H25NO/c1-5-12-20-19(17-9-7-6-8-14(17)2)16-11-10-15(3)18(13-16)21-4/h6-11,13,19-20H,5,12H2,1-4H3. The summed E-state index contributed by atoms with van der Waals surface area (Å²) in [6.07, 6.45) is 1.12. The number of methoxy groups -OCH3 is 1. The van der Waals surface area contributed by atoms with Crippen LogP contribution in [0.25, 0.3) is 0 Å². The summed E-state index contributed by atoms with van der Waals surface area (Å²) in [5.74, 6) is 0.949. The highest BCUT2D eigenvalue weighted by molar-refractivity contribution is 5.43. The number of aryl methyl sites for hydroxylation is 2. The second-order valence-electron chi connectivity index (χ2n) is 5.47. The molecule has 0 aliphatic heterocycles.